The quantitative estimate of drug-likeness (QED) is 0.818. The molecule has 1 saturated carbocycles. The lowest BCUT2D eigenvalue weighted by atomic mass is 9.86. The van der Waals surface area contributed by atoms with Crippen LogP contribution in [-0.4, -0.2) is 6.04 Å². The van der Waals surface area contributed by atoms with Gasteiger partial charge in [-0.2, -0.15) is 18.4 Å². The summed E-state index contributed by atoms with van der Waals surface area (Å²) in [6.45, 7) is 3.78. The maximum absolute atomic E-state index is 12.9. The van der Waals surface area contributed by atoms with Gasteiger partial charge in [0.05, 0.1) is 17.2 Å². The zero-order chi connectivity index (χ0) is 15.5. The first kappa shape index (κ1) is 15.4. The zero-order valence-corrected chi connectivity index (χ0v) is 11.6. The van der Waals surface area contributed by atoms with E-state index < -0.39 is 11.7 Å². The van der Waals surface area contributed by atoms with Crippen molar-refractivity contribution in [3.8, 4) is 6.07 Å². The molecule has 0 aromatic heterocycles. The predicted molar refractivity (Wildman–Crippen MR) is 75.7 cm³/mol. The molecule has 1 N–H and O–H groups in total. The van der Waals surface area contributed by atoms with Crippen molar-refractivity contribution in [2.24, 2.45) is 5.92 Å². The Balaban J connectivity index is 2.11. The van der Waals surface area contributed by atoms with Gasteiger partial charge in [0.15, 0.2) is 0 Å². The van der Waals surface area contributed by atoms with Gasteiger partial charge in [-0.1, -0.05) is 6.08 Å². The summed E-state index contributed by atoms with van der Waals surface area (Å²) in [6, 6.07) is 5.55. The van der Waals surface area contributed by atoms with E-state index in [1.54, 1.807) is 6.07 Å². The lowest BCUT2D eigenvalue weighted by Gasteiger charge is -2.28. The smallest absolute Gasteiger partial charge is 0.382 e. The number of alkyl halides is 3. The Morgan fingerprint density at radius 3 is 2.43 bits per heavy atom. The fourth-order valence-electron chi connectivity index (χ4n) is 2.70. The summed E-state index contributed by atoms with van der Waals surface area (Å²) in [6.07, 6.45) is 1.27. The average Bonchev–Trinajstić information content (AvgIpc) is 2.47. The Labute approximate surface area is 122 Å². The van der Waals surface area contributed by atoms with Gasteiger partial charge in [-0.25, -0.2) is 0 Å². The summed E-state index contributed by atoms with van der Waals surface area (Å²) >= 11 is 0. The van der Waals surface area contributed by atoms with E-state index in [4.69, 9.17) is 5.26 Å². The van der Waals surface area contributed by atoms with Crippen molar-refractivity contribution in [2.45, 2.75) is 37.9 Å². The van der Waals surface area contributed by atoms with Crippen LogP contribution in [0.25, 0.3) is 0 Å². The van der Waals surface area contributed by atoms with Gasteiger partial charge in [-0.15, -0.1) is 6.58 Å². The molecule has 0 unspecified atom stereocenters. The minimum atomic E-state index is -4.51. The van der Waals surface area contributed by atoms with Gasteiger partial charge < -0.3 is 5.32 Å². The second kappa shape index (κ2) is 6.21. The van der Waals surface area contributed by atoms with Crippen LogP contribution in [0.3, 0.4) is 0 Å². The lowest BCUT2D eigenvalue weighted by molar-refractivity contribution is -0.137. The summed E-state index contributed by atoms with van der Waals surface area (Å²) in [5, 5.41) is 11.9. The fourth-order valence-corrected chi connectivity index (χ4v) is 2.70. The normalized spacial score (nSPS) is 22.4. The SMILES string of the molecule is C=CC1CCC(Nc2ccc(C#N)c(C(F)(F)F)c2)CC1. The van der Waals surface area contributed by atoms with Crippen LogP contribution in [0.1, 0.15) is 36.8 Å². The molecule has 1 aliphatic carbocycles. The molecule has 0 amide bonds. The van der Waals surface area contributed by atoms with Crippen molar-refractivity contribution in [2.75, 3.05) is 5.32 Å². The van der Waals surface area contributed by atoms with E-state index in [2.05, 4.69) is 11.9 Å². The molecule has 5 heteroatoms. The van der Waals surface area contributed by atoms with E-state index in [0.717, 1.165) is 31.7 Å². The molecule has 2 nitrogen and oxygen atoms in total. The van der Waals surface area contributed by atoms with Crippen molar-refractivity contribution >= 4 is 5.69 Å². The summed E-state index contributed by atoms with van der Waals surface area (Å²) < 4.78 is 38.7. The van der Waals surface area contributed by atoms with Gasteiger partial charge >= 0.3 is 6.18 Å². The number of halogens is 3. The van der Waals surface area contributed by atoms with E-state index in [-0.39, 0.29) is 11.6 Å². The molecule has 1 aliphatic rings. The van der Waals surface area contributed by atoms with Crippen molar-refractivity contribution in [3.05, 3.63) is 42.0 Å². The Morgan fingerprint density at radius 2 is 1.90 bits per heavy atom. The van der Waals surface area contributed by atoms with Crippen LogP contribution in [-0.2, 0) is 6.18 Å². The van der Waals surface area contributed by atoms with E-state index in [9.17, 15) is 13.2 Å². The highest BCUT2D eigenvalue weighted by atomic mass is 19.4. The molecular weight excluding hydrogens is 277 g/mol. The molecular formula is C16H17F3N2. The van der Waals surface area contributed by atoms with Crippen LogP contribution in [0.5, 0.6) is 0 Å². The second-order valence-corrected chi connectivity index (χ2v) is 5.36. The van der Waals surface area contributed by atoms with Gasteiger partial charge in [0.1, 0.15) is 0 Å². The maximum Gasteiger partial charge on any atom is 0.417 e. The third kappa shape index (κ3) is 3.78. The van der Waals surface area contributed by atoms with Gasteiger partial charge in [0.2, 0.25) is 0 Å². The van der Waals surface area contributed by atoms with Gasteiger partial charge in [0.25, 0.3) is 0 Å². The topological polar surface area (TPSA) is 35.8 Å². The number of hydrogen-bond donors (Lipinski definition) is 1. The molecule has 1 fully saturated rings. The fraction of sp³-hybridized carbons (Fsp3) is 0.438. The largest absolute Gasteiger partial charge is 0.417 e. The molecule has 2 rings (SSSR count). The number of hydrogen-bond acceptors (Lipinski definition) is 2. The van der Waals surface area contributed by atoms with Crippen LogP contribution in [0.15, 0.2) is 30.9 Å². The molecule has 0 spiro atoms. The highest BCUT2D eigenvalue weighted by Gasteiger charge is 2.34. The molecule has 0 bridgehead atoms. The first-order valence-electron chi connectivity index (χ1n) is 6.94. The van der Waals surface area contributed by atoms with Crippen LogP contribution in [0.4, 0.5) is 18.9 Å². The van der Waals surface area contributed by atoms with Crippen LogP contribution >= 0.6 is 0 Å². The third-order valence-corrected chi connectivity index (χ3v) is 3.92. The molecule has 0 radical (unpaired) electrons. The number of anilines is 1. The highest BCUT2D eigenvalue weighted by Crippen LogP contribution is 2.34. The highest BCUT2D eigenvalue weighted by molar-refractivity contribution is 5.53. The minimum absolute atomic E-state index is 0.176. The molecule has 0 heterocycles. The van der Waals surface area contributed by atoms with Crippen molar-refractivity contribution in [3.63, 3.8) is 0 Å². The Bertz CT molecular complexity index is 550. The summed E-state index contributed by atoms with van der Waals surface area (Å²) in [7, 11) is 0. The van der Waals surface area contributed by atoms with Crippen molar-refractivity contribution in [1.82, 2.24) is 0 Å². The van der Waals surface area contributed by atoms with Crippen molar-refractivity contribution in [1.29, 1.82) is 5.26 Å². The minimum Gasteiger partial charge on any atom is -0.382 e. The van der Waals surface area contributed by atoms with E-state index >= 15 is 0 Å². The predicted octanol–water partition coefficient (Wildman–Crippen LogP) is 4.73. The lowest BCUT2D eigenvalue weighted by Crippen LogP contribution is -2.25. The van der Waals surface area contributed by atoms with Gasteiger partial charge in [-0.3, -0.25) is 0 Å². The summed E-state index contributed by atoms with van der Waals surface area (Å²) in [5.74, 6) is 0.509. The molecule has 112 valence electrons. The van der Waals surface area contributed by atoms with Crippen LogP contribution in [0, 0.1) is 17.2 Å². The Morgan fingerprint density at radius 1 is 1.24 bits per heavy atom. The monoisotopic (exact) mass is 294 g/mol. The Kier molecular flexibility index (Phi) is 4.56. The van der Waals surface area contributed by atoms with E-state index in [1.165, 1.54) is 12.1 Å². The average molecular weight is 294 g/mol. The van der Waals surface area contributed by atoms with E-state index in [0.29, 0.717) is 11.6 Å². The number of allylic oxidation sites excluding steroid dienone is 1. The number of nitrogens with one attached hydrogen (secondary N) is 1. The number of rotatable bonds is 3. The molecule has 21 heavy (non-hydrogen) atoms. The van der Waals surface area contributed by atoms with Crippen molar-refractivity contribution < 1.29 is 13.2 Å². The van der Waals surface area contributed by atoms with E-state index in [1.807, 2.05) is 6.08 Å². The zero-order valence-electron chi connectivity index (χ0n) is 11.6. The molecule has 1 aromatic rings. The maximum atomic E-state index is 12.9. The third-order valence-electron chi connectivity index (χ3n) is 3.92. The number of nitrogens with zero attached hydrogens (tertiary/aromatic N) is 1. The summed E-state index contributed by atoms with van der Waals surface area (Å²) in [5.41, 5.74) is -0.804. The number of nitriles is 1. The number of benzene rings is 1. The molecule has 0 saturated heterocycles. The molecule has 0 atom stereocenters. The van der Waals surface area contributed by atoms with Crippen LogP contribution in [0.2, 0.25) is 0 Å². The second-order valence-electron chi connectivity index (χ2n) is 5.36. The molecule has 1 aromatic carbocycles. The first-order chi connectivity index (χ1) is 9.94. The summed E-state index contributed by atoms with van der Waals surface area (Å²) in [4.78, 5) is 0. The van der Waals surface area contributed by atoms with Gasteiger partial charge in [-0.05, 0) is 49.8 Å². The first-order valence-corrected chi connectivity index (χ1v) is 6.94. The standard InChI is InChI=1S/C16H17F3N2/c1-2-11-3-6-13(7-4-11)21-14-8-5-12(10-20)15(9-14)16(17,18)19/h2,5,8-9,11,13,21H,1,3-4,6-7H2. The van der Waals surface area contributed by atoms with Crippen LogP contribution < -0.4 is 5.32 Å². The van der Waals surface area contributed by atoms with Gasteiger partial charge in [0, 0.05) is 11.7 Å². The molecule has 0 aliphatic heterocycles. The Hall–Kier alpha value is -1.96.